The number of hydrogen-bond donors (Lipinski definition) is 2. The third-order valence-electron chi connectivity index (χ3n) is 5.91. The molecule has 0 bridgehead atoms. The molecular formula is C25H28FN5O4. The van der Waals surface area contributed by atoms with Gasteiger partial charge < -0.3 is 19.9 Å². The Bertz CT molecular complexity index is 1140. The minimum atomic E-state index is -0.321. The van der Waals surface area contributed by atoms with Gasteiger partial charge in [0.1, 0.15) is 5.82 Å². The average Bonchev–Trinajstić information content (AvgIpc) is 3.33. The normalized spacial score (nSPS) is 14.6. The van der Waals surface area contributed by atoms with Gasteiger partial charge in [0.25, 0.3) is 5.91 Å². The molecular weight excluding hydrogens is 453 g/mol. The summed E-state index contributed by atoms with van der Waals surface area (Å²) in [6.45, 7) is 2.68. The maximum atomic E-state index is 13.1. The first-order chi connectivity index (χ1) is 17.0. The molecule has 3 aromatic rings. The largest absolute Gasteiger partial charge is 0.383 e. The molecule has 0 radical (unpaired) electrons. The van der Waals surface area contributed by atoms with Crippen LogP contribution in [0.2, 0.25) is 0 Å². The summed E-state index contributed by atoms with van der Waals surface area (Å²) in [4.78, 5) is 31.9. The van der Waals surface area contributed by atoms with E-state index in [0.717, 1.165) is 0 Å². The Morgan fingerprint density at radius 3 is 2.63 bits per heavy atom. The SMILES string of the molecule is COCCNC(=O)c1ccccc1NC(=O)C1CCN(Cc2nc(-c3ccc(F)cc3)no2)CC1. The van der Waals surface area contributed by atoms with Crippen molar-refractivity contribution in [1.82, 2.24) is 20.4 Å². The molecule has 0 atom stereocenters. The number of halogens is 1. The van der Waals surface area contributed by atoms with Gasteiger partial charge in [-0.15, -0.1) is 0 Å². The number of carbonyl (C=O) groups excluding carboxylic acids is 2. The van der Waals surface area contributed by atoms with Gasteiger partial charge in [0, 0.05) is 25.1 Å². The second kappa shape index (κ2) is 11.7. The first kappa shape index (κ1) is 24.5. The highest BCUT2D eigenvalue weighted by Gasteiger charge is 2.27. The van der Waals surface area contributed by atoms with Crippen LogP contribution in [-0.2, 0) is 16.1 Å². The van der Waals surface area contributed by atoms with Crippen LogP contribution in [0.5, 0.6) is 0 Å². The van der Waals surface area contributed by atoms with Gasteiger partial charge in [-0.2, -0.15) is 4.98 Å². The molecule has 1 aliphatic heterocycles. The molecule has 1 saturated heterocycles. The van der Waals surface area contributed by atoms with Crippen LogP contribution in [0, 0.1) is 11.7 Å². The Morgan fingerprint density at radius 1 is 1.14 bits per heavy atom. The van der Waals surface area contributed by atoms with Crippen molar-refractivity contribution >= 4 is 17.5 Å². The molecule has 2 N–H and O–H groups in total. The maximum Gasteiger partial charge on any atom is 0.253 e. The first-order valence-electron chi connectivity index (χ1n) is 11.5. The van der Waals surface area contributed by atoms with E-state index in [1.165, 1.54) is 12.1 Å². The summed E-state index contributed by atoms with van der Waals surface area (Å²) in [6.07, 6.45) is 1.35. The number of benzene rings is 2. The van der Waals surface area contributed by atoms with Crippen LogP contribution >= 0.6 is 0 Å². The van der Waals surface area contributed by atoms with E-state index in [1.54, 1.807) is 43.5 Å². The summed E-state index contributed by atoms with van der Waals surface area (Å²) in [5, 5.41) is 9.68. The number of para-hydroxylation sites is 1. The minimum absolute atomic E-state index is 0.0989. The predicted molar refractivity (Wildman–Crippen MR) is 127 cm³/mol. The molecule has 1 fully saturated rings. The van der Waals surface area contributed by atoms with Crippen molar-refractivity contribution in [2.45, 2.75) is 19.4 Å². The lowest BCUT2D eigenvalue weighted by Gasteiger charge is -2.30. The van der Waals surface area contributed by atoms with E-state index in [-0.39, 0.29) is 23.5 Å². The summed E-state index contributed by atoms with van der Waals surface area (Å²) in [6, 6.07) is 12.9. The lowest BCUT2D eigenvalue weighted by atomic mass is 9.95. The number of carbonyl (C=O) groups is 2. The second-order valence-corrected chi connectivity index (χ2v) is 8.35. The summed E-state index contributed by atoms with van der Waals surface area (Å²) in [5.41, 5.74) is 1.60. The van der Waals surface area contributed by atoms with Crippen molar-refractivity contribution in [3.8, 4) is 11.4 Å². The van der Waals surface area contributed by atoms with Crippen LogP contribution in [0.1, 0.15) is 29.1 Å². The van der Waals surface area contributed by atoms with Gasteiger partial charge in [0.2, 0.25) is 17.6 Å². The van der Waals surface area contributed by atoms with Crippen molar-refractivity contribution in [1.29, 1.82) is 0 Å². The molecule has 9 nitrogen and oxygen atoms in total. The van der Waals surface area contributed by atoms with Gasteiger partial charge >= 0.3 is 0 Å². The van der Waals surface area contributed by atoms with Crippen LogP contribution < -0.4 is 10.6 Å². The number of anilines is 1. The fraction of sp³-hybridized carbons (Fsp3) is 0.360. The van der Waals surface area contributed by atoms with Gasteiger partial charge in [0.05, 0.1) is 24.4 Å². The van der Waals surface area contributed by atoms with E-state index < -0.39 is 0 Å². The highest BCUT2D eigenvalue weighted by molar-refractivity contribution is 6.04. The number of aromatic nitrogens is 2. The number of amides is 2. The fourth-order valence-corrected chi connectivity index (χ4v) is 3.97. The van der Waals surface area contributed by atoms with E-state index in [1.807, 2.05) is 0 Å². The topological polar surface area (TPSA) is 110 Å². The Labute approximate surface area is 202 Å². The van der Waals surface area contributed by atoms with Gasteiger partial charge in [-0.1, -0.05) is 17.3 Å². The molecule has 2 aromatic carbocycles. The van der Waals surface area contributed by atoms with Gasteiger partial charge in [-0.05, 0) is 62.3 Å². The fourth-order valence-electron chi connectivity index (χ4n) is 3.97. The van der Waals surface area contributed by atoms with Crippen molar-refractivity contribution in [2.75, 3.05) is 38.7 Å². The molecule has 2 heterocycles. The van der Waals surface area contributed by atoms with Gasteiger partial charge in [0.15, 0.2) is 0 Å². The Hall–Kier alpha value is -3.63. The monoisotopic (exact) mass is 481 g/mol. The van der Waals surface area contributed by atoms with E-state index >= 15 is 0 Å². The molecule has 10 heteroatoms. The highest BCUT2D eigenvalue weighted by atomic mass is 19.1. The van der Waals surface area contributed by atoms with E-state index in [2.05, 4.69) is 25.7 Å². The number of piperidine rings is 1. The molecule has 0 unspecified atom stereocenters. The third-order valence-corrected chi connectivity index (χ3v) is 5.91. The number of likely N-dealkylation sites (tertiary alicyclic amines) is 1. The second-order valence-electron chi connectivity index (χ2n) is 8.35. The lowest BCUT2D eigenvalue weighted by molar-refractivity contribution is -0.121. The lowest BCUT2D eigenvalue weighted by Crippen LogP contribution is -2.38. The van der Waals surface area contributed by atoms with E-state index in [0.29, 0.717) is 74.2 Å². The molecule has 2 amide bonds. The summed E-state index contributed by atoms with van der Waals surface area (Å²) >= 11 is 0. The van der Waals surface area contributed by atoms with Gasteiger partial charge in [-0.3, -0.25) is 14.5 Å². The number of nitrogens with one attached hydrogen (secondary N) is 2. The Balaban J connectivity index is 1.28. The zero-order valence-electron chi connectivity index (χ0n) is 19.5. The van der Waals surface area contributed by atoms with E-state index in [9.17, 15) is 14.0 Å². The van der Waals surface area contributed by atoms with Crippen LogP contribution in [0.4, 0.5) is 10.1 Å². The third kappa shape index (κ3) is 6.49. The molecule has 1 aliphatic rings. The van der Waals surface area contributed by atoms with Gasteiger partial charge in [-0.25, -0.2) is 4.39 Å². The van der Waals surface area contributed by atoms with Crippen LogP contribution in [0.15, 0.2) is 53.1 Å². The number of hydrogen-bond acceptors (Lipinski definition) is 7. The molecule has 0 aliphatic carbocycles. The highest BCUT2D eigenvalue weighted by Crippen LogP contribution is 2.23. The van der Waals surface area contributed by atoms with Crippen molar-refractivity contribution in [3.05, 3.63) is 65.8 Å². The maximum absolute atomic E-state index is 13.1. The van der Waals surface area contributed by atoms with Crippen LogP contribution in [0.3, 0.4) is 0 Å². The number of ether oxygens (including phenoxy) is 1. The standard InChI is InChI=1S/C25H28FN5O4/c1-34-15-12-27-25(33)20-4-2-3-5-21(20)28-24(32)18-10-13-31(14-11-18)16-22-29-23(30-35-22)17-6-8-19(26)9-7-17/h2-9,18H,10-16H2,1H3,(H,27,33)(H,28,32). The Kier molecular flexibility index (Phi) is 8.17. The molecule has 1 aromatic heterocycles. The number of rotatable bonds is 9. The van der Waals surface area contributed by atoms with Crippen molar-refractivity contribution in [2.24, 2.45) is 5.92 Å². The minimum Gasteiger partial charge on any atom is -0.383 e. The quantitative estimate of drug-likeness (QED) is 0.452. The summed E-state index contributed by atoms with van der Waals surface area (Å²) in [7, 11) is 1.57. The number of nitrogens with zero attached hydrogens (tertiary/aromatic N) is 3. The average molecular weight is 482 g/mol. The van der Waals surface area contributed by atoms with Crippen molar-refractivity contribution < 1.29 is 23.2 Å². The number of methoxy groups -OCH3 is 1. The Morgan fingerprint density at radius 2 is 1.89 bits per heavy atom. The van der Waals surface area contributed by atoms with Crippen molar-refractivity contribution in [3.63, 3.8) is 0 Å². The molecule has 35 heavy (non-hydrogen) atoms. The molecule has 0 spiro atoms. The molecule has 0 saturated carbocycles. The zero-order valence-corrected chi connectivity index (χ0v) is 19.5. The molecule has 184 valence electrons. The van der Waals surface area contributed by atoms with E-state index in [4.69, 9.17) is 9.26 Å². The summed E-state index contributed by atoms with van der Waals surface area (Å²) < 4.78 is 23.4. The predicted octanol–water partition coefficient (Wildman–Crippen LogP) is 3.10. The van der Waals surface area contributed by atoms with Crippen LogP contribution in [-0.4, -0.2) is 60.2 Å². The molecule has 4 rings (SSSR count). The van der Waals surface area contributed by atoms with Crippen LogP contribution in [0.25, 0.3) is 11.4 Å². The zero-order chi connectivity index (χ0) is 24.6. The first-order valence-corrected chi connectivity index (χ1v) is 11.5. The smallest absolute Gasteiger partial charge is 0.253 e. The summed E-state index contributed by atoms with van der Waals surface area (Å²) in [5.74, 6) is 0.0527.